The first-order valence-electron chi connectivity index (χ1n) is 6.33. The molecule has 0 aliphatic rings. The van der Waals surface area contributed by atoms with Crippen molar-refractivity contribution in [2.24, 2.45) is 0 Å². The molecule has 0 saturated heterocycles. The average Bonchev–Trinajstić information content (AvgIpc) is 2.35. The van der Waals surface area contributed by atoms with E-state index < -0.39 is 5.41 Å². The highest BCUT2D eigenvalue weighted by molar-refractivity contribution is 9.10. The van der Waals surface area contributed by atoms with E-state index in [9.17, 15) is 9.59 Å². The maximum absolute atomic E-state index is 12.1. The van der Waals surface area contributed by atoms with Crippen LogP contribution in [0.5, 0.6) is 0 Å². The van der Waals surface area contributed by atoms with E-state index in [1.165, 1.54) is 6.92 Å². The summed E-state index contributed by atoms with van der Waals surface area (Å²) < 4.78 is 5.97. The Hall–Kier alpha value is -1.16. The minimum atomic E-state index is -0.573. The summed E-state index contributed by atoms with van der Waals surface area (Å²) in [5, 5.41) is 0. The first-order valence-corrected chi connectivity index (χ1v) is 7.12. The Labute approximate surface area is 122 Å². The number of carbonyl (C=O) groups is 2. The molecule has 0 radical (unpaired) electrons. The van der Waals surface area contributed by atoms with Gasteiger partial charge in [0.05, 0.1) is 12.0 Å². The number of halogens is 1. The number of benzene rings is 1. The molecule has 0 spiro atoms. The van der Waals surface area contributed by atoms with Crippen LogP contribution in [0.15, 0.2) is 28.7 Å². The Balaban J connectivity index is 3.01. The van der Waals surface area contributed by atoms with E-state index in [1.807, 2.05) is 31.2 Å². The third-order valence-corrected chi connectivity index (χ3v) is 4.04. The third kappa shape index (κ3) is 3.90. The van der Waals surface area contributed by atoms with Crippen molar-refractivity contribution in [1.82, 2.24) is 0 Å². The summed E-state index contributed by atoms with van der Waals surface area (Å²) in [7, 11) is 0. The van der Waals surface area contributed by atoms with E-state index in [-0.39, 0.29) is 18.4 Å². The zero-order valence-corrected chi connectivity index (χ0v) is 13.1. The molecule has 0 aliphatic heterocycles. The first kappa shape index (κ1) is 15.9. The van der Waals surface area contributed by atoms with Gasteiger partial charge in [-0.3, -0.25) is 9.59 Å². The van der Waals surface area contributed by atoms with Crippen LogP contribution in [-0.2, 0) is 19.7 Å². The van der Waals surface area contributed by atoms with Crippen LogP contribution in [0, 0.1) is 0 Å². The third-order valence-electron chi connectivity index (χ3n) is 3.51. The van der Waals surface area contributed by atoms with E-state index in [0.717, 1.165) is 10.0 Å². The molecule has 0 saturated carbocycles. The van der Waals surface area contributed by atoms with Crippen LogP contribution < -0.4 is 0 Å². The quantitative estimate of drug-likeness (QED) is 0.749. The summed E-state index contributed by atoms with van der Waals surface area (Å²) in [5.74, 6) is -0.214. The van der Waals surface area contributed by atoms with Gasteiger partial charge in [0.25, 0.3) is 0 Å². The second kappa shape index (κ2) is 6.85. The van der Waals surface area contributed by atoms with Crippen LogP contribution in [0.1, 0.15) is 39.2 Å². The molecular weight excluding hydrogens is 308 g/mol. The smallest absolute Gasteiger partial charge is 0.302 e. The average molecular weight is 327 g/mol. The molecule has 1 atom stereocenters. The van der Waals surface area contributed by atoms with Crippen molar-refractivity contribution in [3.05, 3.63) is 34.3 Å². The van der Waals surface area contributed by atoms with Crippen LogP contribution in [-0.4, -0.2) is 18.4 Å². The summed E-state index contributed by atoms with van der Waals surface area (Å²) in [5.41, 5.74) is 0.397. The Morgan fingerprint density at radius 1 is 1.21 bits per heavy atom. The summed E-state index contributed by atoms with van der Waals surface area (Å²) >= 11 is 3.39. The van der Waals surface area contributed by atoms with Crippen LogP contribution in [0.3, 0.4) is 0 Å². The summed E-state index contributed by atoms with van der Waals surface area (Å²) in [4.78, 5) is 23.0. The predicted octanol–water partition coefficient (Wildman–Crippen LogP) is 3.64. The number of ether oxygens (including phenoxy) is 1. The number of ketones is 1. The molecule has 1 aromatic carbocycles. The van der Waals surface area contributed by atoms with E-state index in [4.69, 9.17) is 4.74 Å². The Morgan fingerprint density at radius 3 is 2.21 bits per heavy atom. The van der Waals surface area contributed by atoms with Crippen LogP contribution in [0.25, 0.3) is 0 Å². The van der Waals surface area contributed by atoms with Gasteiger partial charge in [0.2, 0.25) is 0 Å². The molecule has 0 aliphatic carbocycles. The molecule has 0 N–H and O–H groups in total. The molecule has 1 aromatic rings. The molecule has 1 unspecified atom stereocenters. The van der Waals surface area contributed by atoms with E-state index in [2.05, 4.69) is 15.9 Å². The SMILES string of the molecule is CCC(CCOC(C)=O)(C(C)=O)c1ccc(Br)cc1. The Bertz CT molecular complexity index is 453. The topological polar surface area (TPSA) is 43.4 Å². The number of rotatable bonds is 6. The molecule has 0 fully saturated rings. The second-order valence-electron chi connectivity index (χ2n) is 4.59. The van der Waals surface area contributed by atoms with Gasteiger partial charge in [0.15, 0.2) is 0 Å². The van der Waals surface area contributed by atoms with E-state index in [1.54, 1.807) is 6.92 Å². The summed E-state index contributed by atoms with van der Waals surface area (Å²) in [6.45, 7) is 5.22. The minimum Gasteiger partial charge on any atom is -0.466 e. The number of Topliss-reactive ketones (excluding diaryl/α,β-unsaturated/α-hetero) is 1. The normalized spacial score (nSPS) is 13.7. The first-order chi connectivity index (χ1) is 8.92. The van der Waals surface area contributed by atoms with Crippen molar-refractivity contribution in [3.63, 3.8) is 0 Å². The lowest BCUT2D eigenvalue weighted by Crippen LogP contribution is -2.35. The Morgan fingerprint density at radius 2 is 1.79 bits per heavy atom. The predicted molar refractivity (Wildman–Crippen MR) is 78.0 cm³/mol. The van der Waals surface area contributed by atoms with Gasteiger partial charge >= 0.3 is 5.97 Å². The fourth-order valence-electron chi connectivity index (χ4n) is 2.29. The van der Waals surface area contributed by atoms with Crippen molar-refractivity contribution in [2.45, 2.75) is 39.0 Å². The summed E-state index contributed by atoms with van der Waals surface area (Å²) in [6, 6.07) is 7.74. The zero-order chi connectivity index (χ0) is 14.5. The Kier molecular flexibility index (Phi) is 5.73. The molecule has 0 aromatic heterocycles. The largest absolute Gasteiger partial charge is 0.466 e. The molecule has 0 heterocycles. The maximum atomic E-state index is 12.1. The van der Waals surface area contributed by atoms with Crippen molar-refractivity contribution in [3.8, 4) is 0 Å². The van der Waals surface area contributed by atoms with Gasteiger partial charge in [-0.25, -0.2) is 0 Å². The molecular formula is C15H19BrO3. The van der Waals surface area contributed by atoms with Crippen molar-refractivity contribution >= 4 is 27.7 Å². The fourth-order valence-corrected chi connectivity index (χ4v) is 2.56. The van der Waals surface area contributed by atoms with E-state index in [0.29, 0.717) is 12.8 Å². The lowest BCUT2D eigenvalue weighted by molar-refractivity contribution is -0.142. The summed E-state index contributed by atoms with van der Waals surface area (Å²) in [6.07, 6.45) is 1.20. The fraction of sp³-hybridized carbons (Fsp3) is 0.467. The van der Waals surface area contributed by atoms with Crippen molar-refractivity contribution in [1.29, 1.82) is 0 Å². The van der Waals surface area contributed by atoms with Crippen LogP contribution >= 0.6 is 15.9 Å². The van der Waals surface area contributed by atoms with Crippen molar-refractivity contribution in [2.75, 3.05) is 6.61 Å². The molecule has 0 amide bonds. The van der Waals surface area contributed by atoms with Gasteiger partial charge in [-0.15, -0.1) is 0 Å². The zero-order valence-electron chi connectivity index (χ0n) is 11.5. The van der Waals surface area contributed by atoms with Gasteiger partial charge in [-0.1, -0.05) is 35.0 Å². The highest BCUT2D eigenvalue weighted by Gasteiger charge is 2.35. The van der Waals surface area contributed by atoms with Gasteiger partial charge < -0.3 is 4.74 Å². The van der Waals surface area contributed by atoms with Gasteiger partial charge in [0.1, 0.15) is 5.78 Å². The highest BCUT2D eigenvalue weighted by atomic mass is 79.9. The second-order valence-corrected chi connectivity index (χ2v) is 5.50. The lowest BCUT2D eigenvalue weighted by Gasteiger charge is -2.30. The maximum Gasteiger partial charge on any atom is 0.302 e. The standard InChI is InChI=1S/C15H19BrO3/c1-4-15(11(2)17,9-10-19-12(3)18)13-5-7-14(16)8-6-13/h5-8H,4,9-10H2,1-3H3. The number of esters is 1. The van der Waals surface area contributed by atoms with Crippen molar-refractivity contribution < 1.29 is 14.3 Å². The van der Waals surface area contributed by atoms with Gasteiger partial charge in [-0.05, 0) is 37.5 Å². The molecule has 4 heteroatoms. The molecule has 1 rings (SSSR count). The number of hydrogen-bond donors (Lipinski definition) is 0. The minimum absolute atomic E-state index is 0.101. The molecule has 0 bridgehead atoms. The molecule has 3 nitrogen and oxygen atoms in total. The van der Waals surface area contributed by atoms with Gasteiger partial charge in [-0.2, -0.15) is 0 Å². The highest BCUT2D eigenvalue weighted by Crippen LogP contribution is 2.33. The number of hydrogen-bond acceptors (Lipinski definition) is 3. The van der Waals surface area contributed by atoms with Crippen LogP contribution in [0.4, 0.5) is 0 Å². The van der Waals surface area contributed by atoms with Crippen LogP contribution in [0.2, 0.25) is 0 Å². The number of carbonyl (C=O) groups excluding carboxylic acids is 2. The molecule has 104 valence electrons. The monoisotopic (exact) mass is 326 g/mol. The van der Waals surface area contributed by atoms with E-state index >= 15 is 0 Å². The van der Waals surface area contributed by atoms with Gasteiger partial charge in [0, 0.05) is 11.4 Å². The lowest BCUT2D eigenvalue weighted by atomic mass is 9.72. The molecule has 19 heavy (non-hydrogen) atoms.